The van der Waals surface area contributed by atoms with Crippen molar-refractivity contribution in [2.24, 2.45) is 0 Å². The van der Waals surface area contributed by atoms with Crippen LogP contribution >= 0.6 is 0 Å². The number of pyridine rings is 2. The van der Waals surface area contributed by atoms with E-state index in [1.54, 1.807) is 18.5 Å². The molecule has 1 aliphatic rings. The van der Waals surface area contributed by atoms with Crippen LogP contribution in [0.5, 0.6) is 0 Å². The zero-order valence-corrected chi connectivity index (χ0v) is 15.8. The van der Waals surface area contributed by atoms with Crippen LogP contribution in [0.25, 0.3) is 16.7 Å². The number of aromatic nitrogens is 4. The van der Waals surface area contributed by atoms with Gasteiger partial charge in [-0.3, -0.25) is 14.2 Å². The summed E-state index contributed by atoms with van der Waals surface area (Å²) < 4.78 is 3.30. The summed E-state index contributed by atoms with van der Waals surface area (Å²) in [6.45, 7) is 2.62. The Bertz CT molecular complexity index is 1240. The van der Waals surface area contributed by atoms with Gasteiger partial charge in [0.15, 0.2) is 5.65 Å². The molecule has 0 aromatic carbocycles. The fraction of sp³-hybridized carbons (Fsp3) is 0.238. The standard InChI is InChI=1S/C21H20N6O2/c28-19(25-13-11-24(12-14-25)18-7-1-2-8-22-18)15-27-20-16(5-3-9-23-20)26-10-4-6-17(26)21(27)29/h1-10H,11-15H2. The highest BCUT2D eigenvalue weighted by molar-refractivity contribution is 5.80. The molecule has 1 saturated heterocycles. The first-order chi connectivity index (χ1) is 14.2. The Hall–Kier alpha value is -3.68. The summed E-state index contributed by atoms with van der Waals surface area (Å²) in [6.07, 6.45) is 5.25. The number of piperazine rings is 1. The maximum Gasteiger partial charge on any atom is 0.276 e. The normalized spacial score (nSPS) is 14.6. The molecule has 29 heavy (non-hydrogen) atoms. The van der Waals surface area contributed by atoms with E-state index in [2.05, 4.69) is 14.9 Å². The number of carbonyl (C=O) groups excluding carboxylic acids is 1. The second kappa shape index (κ2) is 7.05. The number of anilines is 1. The molecule has 5 heterocycles. The first kappa shape index (κ1) is 17.4. The van der Waals surface area contributed by atoms with E-state index in [1.807, 2.05) is 51.9 Å². The smallest absolute Gasteiger partial charge is 0.276 e. The molecular formula is C21H20N6O2. The van der Waals surface area contributed by atoms with Gasteiger partial charge in [0.1, 0.15) is 17.9 Å². The first-order valence-electron chi connectivity index (χ1n) is 9.61. The van der Waals surface area contributed by atoms with Crippen LogP contribution in [0.2, 0.25) is 0 Å². The summed E-state index contributed by atoms with van der Waals surface area (Å²) >= 11 is 0. The van der Waals surface area contributed by atoms with Crippen LogP contribution in [0.4, 0.5) is 5.82 Å². The Morgan fingerprint density at radius 3 is 2.48 bits per heavy atom. The van der Waals surface area contributed by atoms with Gasteiger partial charge >= 0.3 is 0 Å². The average Bonchev–Trinajstić information content (AvgIpc) is 3.28. The number of nitrogens with zero attached hydrogens (tertiary/aromatic N) is 6. The predicted molar refractivity (Wildman–Crippen MR) is 110 cm³/mol. The SMILES string of the molecule is O=C(Cn1c(=O)c2cccn2c2cccnc21)N1CCN(c2ccccn2)CC1. The summed E-state index contributed by atoms with van der Waals surface area (Å²) in [7, 11) is 0. The zero-order valence-electron chi connectivity index (χ0n) is 15.8. The van der Waals surface area contributed by atoms with Crippen molar-refractivity contribution in [1.29, 1.82) is 0 Å². The van der Waals surface area contributed by atoms with Crippen LogP contribution in [-0.2, 0) is 11.3 Å². The summed E-state index contributed by atoms with van der Waals surface area (Å²) in [6, 6.07) is 13.1. The van der Waals surface area contributed by atoms with Crippen LogP contribution in [-0.4, -0.2) is 55.9 Å². The molecular weight excluding hydrogens is 368 g/mol. The van der Waals surface area contributed by atoms with E-state index in [4.69, 9.17) is 0 Å². The number of hydrogen-bond acceptors (Lipinski definition) is 5. The van der Waals surface area contributed by atoms with Crippen molar-refractivity contribution >= 4 is 28.4 Å². The fourth-order valence-electron chi connectivity index (χ4n) is 3.89. The summed E-state index contributed by atoms with van der Waals surface area (Å²) in [5.74, 6) is 0.848. The lowest BCUT2D eigenvalue weighted by Gasteiger charge is -2.35. The van der Waals surface area contributed by atoms with Crippen molar-refractivity contribution in [3.8, 4) is 0 Å². The molecule has 4 aromatic heterocycles. The van der Waals surface area contributed by atoms with E-state index in [1.165, 1.54) is 4.57 Å². The van der Waals surface area contributed by atoms with E-state index in [9.17, 15) is 9.59 Å². The average molecular weight is 388 g/mol. The van der Waals surface area contributed by atoms with Crippen molar-refractivity contribution in [2.75, 3.05) is 31.1 Å². The van der Waals surface area contributed by atoms with Gasteiger partial charge in [-0.1, -0.05) is 6.07 Å². The van der Waals surface area contributed by atoms with Gasteiger partial charge in [0, 0.05) is 44.8 Å². The third-order valence-corrected chi connectivity index (χ3v) is 5.39. The number of rotatable bonds is 3. The molecule has 0 aliphatic carbocycles. The molecule has 0 saturated carbocycles. The van der Waals surface area contributed by atoms with E-state index < -0.39 is 0 Å². The lowest BCUT2D eigenvalue weighted by molar-refractivity contribution is -0.132. The molecule has 0 radical (unpaired) electrons. The number of amides is 1. The summed E-state index contributed by atoms with van der Waals surface area (Å²) in [5.41, 5.74) is 1.65. The van der Waals surface area contributed by atoms with Gasteiger partial charge in [0.25, 0.3) is 5.56 Å². The van der Waals surface area contributed by atoms with Crippen LogP contribution in [0.1, 0.15) is 0 Å². The Morgan fingerprint density at radius 2 is 1.69 bits per heavy atom. The molecule has 1 fully saturated rings. The largest absolute Gasteiger partial charge is 0.353 e. The monoisotopic (exact) mass is 388 g/mol. The number of carbonyl (C=O) groups is 1. The third kappa shape index (κ3) is 3.02. The Labute approximate surface area is 166 Å². The minimum Gasteiger partial charge on any atom is -0.353 e. The van der Waals surface area contributed by atoms with E-state index in [0.29, 0.717) is 37.3 Å². The van der Waals surface area contributed by atoms with E-state index >= 15 is 0 Å². The maximum absolute atomic E-state index is 13.0. The first-order valence-corrected chi connectivity index (χ1v) is 9.61. The second-order valence-electron chi connectivity index (χ2n) is 7.06. The molecule has 0 atom stereocenters. The molecule has 8 heteroatoms. The Balaban J connectivity index is 1.39. The Kier molecular flexibility index (Phi) is 4.23. The lowest BCUT2D eigenvalue weighted by atomic mass is 10.3. The van der Waals surface area contributed by atoms with E-state index in [-0.39, 0.29) is 18.0 Å². The van der Waals surface area contributed by atoms with Gasteiger partial charge < -0.3 is 14.2 Å². The number of hydrogen-bond donors (Lipinski definition) is 0. The minimum atomic E-state index is -0.207. The van der Waals surface area contributed by atoms with Crippen LogP contribution in [0.3, 0.4) is 0 Å². The van der Waals surface area contributed by atoms with Crippen LogP contribution in [0.15, 0.2) is 65.8 Å². The minimum absolute atomic E-state index is 0.0163. The van der Waals surface area contributed by atoms with Crippen molar-refractivity contribution in [3.05, 3.63) is 71.4 Å². The summed E-state index contributed by atoms with van der Waals surface area (Å²) in [4.78, 5) is 38.7. The molecule has 5 rings (SSSR count). The molecule has 1 aliphatic heterocycles. The molecule has 146 valence electrons. The molecule has 0 spiro atoms. The van der Waals surface area contributed by atoms with Crippen molar-refractivity contribution < 1.29 is 4.79 Å². The highest BCUT2D eigenvalue weighted by Gasteiger charge is 2.23. The van der Waals surface area contributed by atoms with Gasteiger partial charge in [-0.05, 0) is 36.4 Å². The number of fused-ring (bicyclic) bond motifs is 3. The molecule has 0 bridgehead atoms. The van der Waals surface area contributed by atoms with Crippen molar-refractivity contribution in [2.45, 2.75) is 6.54 Å². The maximum atomic E-state index is 13.0. The van der Waals surface area contributed by atoms with Crippen LogP contribution < -0.4 is 10.5 Å². The molecule has 8 nitrogen and oxygen atoms in total. The highest BCUT2D eigenvalue weighted by Crippen LogP contribution is 2.15. The van der Waals surface area contributed by atoms with Crippen molar-refractivity contribution in [1.82, 2.24) is 23.8 Å². The van der Waals surface area contributed by atoms with Gasteiger partial charge in [0.05, 0.1) is 5.52 Å². The predicted octanol–water partition coefficient (Wildman–Crippen LogP) is 1.39. The van der Waals surface area contributed by atoms with Crippen LogP contribution in [0, 0.1) is 0 Å². The topological polar surface area (TPSA) is 75.7 Å². The van der Waals surface area contributed by atoms with Gasteiger partial charge in [-0.2, -0.15) is 0 Å². The second-order valence-corrected chi connectivity index (χ2v) is 7.06. The quantitative estimate of drug-likeness (QED) is 0.530. The highest BCUT2D eigenvalue weighted by atomic mass is 16.2. The van der Waals surface area contributed by atoms with E-state index in [0.717, 1.165) is 11.3 Å². The van der Waals surface area contributed by atoms with Gasteiger partial charge in [-0.15, -0.1) is 0 Å². The molecule has 4 aromatic rings. The molecule has 0 unspecified atom stereocenters. The summed E-state index contributed by atoms with van der Waals surface area (Å²) in [5, 5.41) is 0. The van der Waals surface area contributed by atoms with Gasteiger partial charge in [-0.25, -0.2) is 9.97 Å². The Morgan fingerprint density at radius 1 is 0.897 bits per heavy atom. The molecule has 0 N–H and O–H groups in total. The van der Waals surface area contributed by atoms with Gasteiger partial charge in [0.2, 0.25) is 5.91 Å². The lowest BCUT2D eigenvalue weighted by Crippen LogP contribution is -2.50. The molecule has 1 amide bonds. The fourth-order valence-corrected chi connectivity index (χ4v) is 3.89. The zero-order chi connectivity index (χ0) is 19.8. The van der Waals surface area contributed by atoms with Crippen molar-refractivity contribution in [3.63, 3.8) is 0 Å². The third-order valence-electron chi connectivity index (χ3n) is 5.39.